The van der Waals surface area contributed by atoms with Crippen molar-refractivity contribution in [3.05, 3.63) is 72.3 Å². The number of carbonyl (C=O) groups excluding carboxylic acids is 1. The normalized spacial score (nSPS) is 19.6. The zero-order valence-corrected chi connectivity index (χ0v) is 19.4. The number of carbonyl (C=O) groups is 1. The number of piperidine rings is 1. The van der Waals surface area contributed by atoms with Crippen molar-refractivity contribution in [2.45, 2.75) is 36.1 Å². The van der Waals surface area contributed by atoms with E-state index in [4.69, 9.17) is 4.74 Å². The second kappa shape index (κ2) is 9.19. The van der Waals surface area contributed by atoms with E-state index in [0.29, 0.717) is 10.8 Å². The molecule has 0 radical (unpaired) electrons. The van der Waals surface area contributed by atoms with Crippen LogP contribution in [0.3, 0.4) is 0 Å². The Morgan fingerprint density at radius 2 is 2.06 bits per heavy atom. The molecule has 1 aromatic heterocycles. The maximum Gasteiger partial charge on any atom is 0.230 e. The molecule has 1 fully saturated rings. The Morgan fingerprint density at radius 3 is 2.88 bits per heavy atom. The maximum absolute atomic E-state index is 13.6. The predicted octanol–water partition coefficient (Wildman–Crippen LogP) is 4.21. The van der Waals surface area contributed by atoms with Crippen molar-refractivity contribution in [2.75, 3.05) is 25.9 Å². The fraction of sp³-hybridized carbons (Fsp3) is 0.360. The Hall–Kier alpha value is -2.84. The standard InChI is InChI=1S/C25H27FN4O2S/c1-29-12-9-25(10-13-29)16-21(20-7-2-3-8-22(20)32-25)28-23(31)17-33-24-27-11-14-30(24)19-6-4-5-18(26)15-19/h2-8,11,14-15,21H,9-10,12-13,16-17H2,1H3,(H,28,31)/t21-/m1/s1. The van der Waals surface area contributed by atoms with E-state index in [1.165, 1.54) is 23.9 Å². The minimum atomic E-state index is -0.309. The van der Waals surface area contributed by atoms with Gasteiger partial charge in [0.05, 0.1) is 17.5 Å². The van der Waals surface area contributed by atoms with Gasteiger partial charge in [0.2, 0.25) is 5.91 Å². The predicted molar refractivity (Wildman–Crippen MR) is 126 cm³/mol. The Bertz CT molecular complexity index is 1140. The fourth-order valence-electron chi connectivity index (χ4n) is 4.66. The first kappa shape index (κ1) is 22.0. The number of imidazole rings is 1. The van der Waals surface area contributed by atoms with Gasteiger partial charge < -0.3 is 15.0 Å². The lowest BCUT2D eigenvalue weighted by molar-refractivity contribution is -0.120. The summed E-state index contributed by atoms with van der Waals surface area (Å²) in [4.78, 5) is 19.6. The van der Waals surface area contributed by atoms with E-state index >= 15 is 0 Å². The van der Waals surface area contributed by atoms with Crippen molar-refractivity contribution in [3.63, 3.8) is 0 Å². The molecule has 1 spiro atoms. The number of hydrogen-bond donors (Lipinski definition) is 1. The second-order valence-corrected chi connectivity index (χ2v) is 9.74. The molecule has 172 valence electrons. The Balaban J connectivity index is 1.28. The lowest BCUT2D eigenvalue weighted by atomic mass is 9.80. The number of para-hydroxylation sites is 1. The molecule has 0 bridgehead atoms. The summed E-state index contributed by atoms with van der Waals surface area (Å²) in [7, 11) is 2.13. The van der Waals surface area contributed by atoms with Crippen LogP contribution in [-0.4, -0.2) is 51.8 Å². The van der Waals surface area contributed by atoms with Crippen LogP contribution in [-0.2, 0) is 4.79 Å². The number of likely N-dealkylation sites (tertiary alicyclic amines) is 1. The molecule has 3 heterocycles. The molecule has 0 saturated carbocycles. The topological polar surface area (TPSA) is 59.4 Å². The minimum absolute atomic E-state index is 0.0569. The van der Waals surface area contributed by atoms with Crippen molar-refractivity contribution in [1.29, 1.82) is 0 Å². The summed E-state index contributed by atoms with van der Waals surface area (Å²) in [5.41, 5.74) is 1.47. The van der Waals surface area contributed by atoms with Crippen LogP contribution < -0.4 is 10.1 Å². The Labute approximate surface area is 197 Å². The lowest BCUT2D eigenvalue weighted by Gasteiger charge is -2.46. The summed E-state index contributed by atoms with van der Waals surface area (Å²) in [6.07, 6.45) is 6.09. The summed E-state index contributed by atoms with van der Waals surface area (Å²) in [6, 6.07) is 14.2. The number of thioether (sulfide) groups is 1. The average Bonchev–Trinajstić information content (AvgIpc) is 3.29. The summed E-state index contributed by atoms with van der Waals surface area (Å²) in [6.45, 7) is 1.98. The van der Waals surface area contributed by atoms with Gasteiger partial charge in [0.1, 0.15) is 17.2 Å². The van der Waals surface area contributed by atoms with E-state index in [-0.39, 0.29) is 29.1 Å². The smallest absolute Gasteiger partial charge is 0.230 e. The van der Waals surface area contributed by atoms with Gasteiger partial charge in [0.15, 0.2) is 5.16 Å². The molecule has 1 amide bonds. The summed E-state index contributed by atoms with van der Waals surface area (Å²) in [5.74, 6) is 0.726. The first-order valence-electron chi connectivity index (χ1n) is 11.2. The first-order chi connectivity index (χ1) is 16.0. The van der Waals surface area contributed by atoms with E-state index < -0.39 is 0 Å². The molecule has 0 unspecified atom stereocenters. The molecular formula is C25H27FN4O2S. The van der Waals surface area contributed by atoms with Crippen LogP contribution in [0.4, 0.5) is 4.39 Å². The fourth-order valence-corrected chi connectivity index (χ4v) is 5.45. The van der Waals surface area contributed by atoms with Crippen molar-refractivity contribution >= 4 is 17.7 Å². The molecule has 33 heavy (non-hydrogen) atoms. The van der Waals surface area contributed by atoms with Crippen LogP contribution in [0, 0.1) is 5.82 Å². The monoisotopic (exact) mass is 466 g/mol. The van der Waals surface area contributed by atoms with Gasteiger partial charge in [-0.2, -0.15) is 0 Å². The summed E-state index contributed by atoms with van der Waals surface area (Å²) >= 11 is 1.34. The number of ether oxygens (including phenoxy) is 1. The molecule has 2 aliphatic heterocycles. The molecule has 5 rings (SSSR count). The van der Waals surface area contributed by atoms with Crippen LogP contribution >= 0.6 is 11.8 Å². The highest BCUT2D eigenvalue weighted by Crippen LogP contribution is 2.44. The van der Waals surface area contributed by atoms with E-state index in [1.807, 2.05) is 30.3 Å². The van der Waals surface area contributed by atoms with E-state index in [1.54, 1.807) is 23.0 Å². The molecule has 1 atom stereocenters. The van der Waals surface area contributed by atoms with Gasteiger partial charge in [0.25, 0.3) is 0 Å². The number of halogens is 1. The van der Waals surface area contributed by atoms with E-state index in [0.717, 1.165) is 43.7 Å². The van der Waals surface area contributed by atoms with Gasteiger partial charge in [-0.1, -0.05) is 36.0 Å². The quantitative estimate of drug-likeness (QED) is 0.571. The van der Waals surface area contributed by atoms with Gasteiger partial charge in [-0.25, -0.2) is 9.37 Å². The molecular weight excluding hydrogens is 439 g/mol. The number of hydrogen-bond acceptors (Lipinski definition) is 5. The van der Waals surface area contributed by atoms with Gasteiger partial charge in [-0.05, 0) is 44.2 Å². The summed E-state index contributed by atoms with van der Waals surface area (Å²) in [5, 5.41) is 3.89. The van der Waals surface area contributed by atoms with Crippen LogP contribution in [0.5, 0.6) is 5.75 Å². The Morgan fingerprint density at radius 1 is 1.24 bits per heavy atom. The zero-order valence-electron chi connectivity index (χ0n) is 18.5. The van der Waals surface area contributed by atoms with Crippen LogP contribution in [0.2, 0.25) is 0 Å². The third-order valence-corrected chi connectivity index (χ3v) is 7.42. The number of fused-ring (bicyclic) bond motifs is 1. The van der Waals surface area contributed by atoms with Gasteiger partial charge in [0, 0.05) is 37.5 Å². The molecule has 2 aliphatic rings. The molecule has 1 N–H and O–H groups in total. The third kappa shape index (κ3) is 4.77. The van der Waals surface area contributed by atoms with Crippen molar-refractivity contribution < 1.29 is 13.9 Å². The number of nitrogens with zero attached hydrogens (tertiary/aromatic N) is 3. The van der Waals surface area contributed by atoms with E-state index in [2.05, 4.69) is 22.2 Å². The van der Waals surface area contributed by atoms with Crippen molar-refractivity contribution in [2.24, 2.45) is 0 Å². The summed E-state index contributed by atoms with van der Waals surface area (Å²) < 4.78 is 21.9. The molecule has 6 nitrogen and oxygen atoms in total. The highest BCUT2D eigenvalue weighted by Gasteiger charge is 2.43. The van der Waals surface area contributed by atoms with Crippen LogP contribution in [0.1, 0.15) is 30.9 Å². The number of benzene rings is 2. The van der Waals surface area contributed by atoms with Gasteiger partial charge in [-0.15, -0.1) is 0 Å². The zero-order chi connectivity index (χ0) is 22.8. The van der Waals surface area contributed by atoms with Crippen LogP contribution in [0.15, 0.2) is 66.1 Å². The molecule has 2 aromatic carbocycles. The molecule has 3 aromatic rings. The number of nitrogens with one attached hydrogen (secondary N) is 1. The SMILES string of the molecule is CN1CCC2(CC1)C[C@@H](NC(=O)CSc1nccn1-c1cccc(F)c1)c1ccccc1O2. The number of amides is 1. The maximum atomic E-state index is 13.6. The largest absolute Gasteiger partial charge is 0.487 e. The van der Waals surface area contributed by atoms with Crippen molar-refractivity contribution in [1.82, 2.24) is 19.8 Å². The number of rotatable bonds is 5. The third-order valence-electron chi connectivity index (χ3n) is 6.46. The second-order valence-electron chi connectivity index (χ2n) is 8.80. The minimum Gasteiger partial charge on any atom is -0.487 e. The van der Waals surface area contributed by atoms with Gasteiger partial charge >= 0.3 is 0 Å². The lowest BCUT2D eigenvalue weighted by Crippen LogP contribution is -2.51. The molecule has 1 saturated heterocycles. The Kier molecular flexibility index (Phi) is 6.12. The van der Waals surface area contributed by atoms with Crippen LogP contribution in [0.25, 0.3) is 5.69 Å². The van der Waals surface area contributed by atoms with Gasteiger partial charge in [-0.3, -0.25) is 9.36 Å². The first-order valence-corrected chi connectivity index (χ1v) is 12.2. The highest BCUT2D eigenvalue weighted by atomic mass is 32.2. The number of aromatic nitrogens is 2. The average molecular weight is 467 g/mol. The highest BCUT2D eigenvalue weighted by molar-refractivity contribution is 7.99. The van der Waals surface area contributed by atoms with Crippen molar-refractivity contribution in [3.8, 4) is 11.4 Å². The molecule has 0 aliphatic carbocycles. The van der Waals surface area contributed by atoms with E-state index in [9.17, 15) is 9.18 Å². The molecule has 8 heteroatoms.